The number of phenols is 1. The van der Waals surface area contributed by atoms with E-state index in [2.05, 4.69) is 42.7 Å². The smallest absolute Gasteiger partial charge is 0.240 e. The summed E-state index contributed by atoms with van der Waals surface area (Å²) in [5, 5.41) is 16.4. The third kappa shape index (κ3) is 12.8. The third-order valence-corrected chi connectivity index (χ3v) is 4.74. The molecule has 0 radical (unpaired) electrons. The Hall–Kier alpha value is -2.63. The number of hydrazone groups is 1. The molecule has 0 fully saturated rings. The molecule has 0 unspecified atom stereocenters. The second-order valence-corrected chi connectivity index (χ2v) is 8.03. The van der Waals surface area contributed by atoms with E-state index in [9.17, 15) is 14.7 Å². The van der Waals surface area contributed by atoms with Crippen LogP contribution in [-0.2, 0) is 9.59 Å². The minimum Gasteiger partial charge on any atom is -0.506 e. The zero-order chi connectivity index (χ0) is 22.2. The van der Waals surface area contributed by atoms with Gasteiger partial charge in [-0.15, -0.1) is 0 Å². The van der Waals surface area contributed by atoms with Crippen molar-refractivity contribution in [1.29, 1.82) is 0 Å². The van der Waals surface area contributed by atoms with Crippen LogP contribution in [0.4, 0.5) is 5.69 Å². The van der Waals surface area contributed by atoms with Crippen LogP contribution in [0.2, 0.25) is 0 Å². The summed E-state index contributed by atoms with van der Waals surface area (Å²) in [5.41, 5.74) is 4.36. The Labute approximate surface area is 180 Å². The predicted octanol–water partition coefficient (Wildman–Crippen LogP) is 5.55. The van der Waals surface area contributed by atoms with Gasteiger partial charge in [0.05, 0.1) is 5.69 Å². The summed E-state index contributed by atoms with van der Waals surface area (Å²) in [6, 6.07) is 6.67. The lowest BCUT2D eigenvalue weighted by Gasteiger charge is -2.07. The Kier molecular flexibility index (Phi) is 12.9. The van der Waals surface area contributed by atoms with Crippen LogP contribution < -0.4 is 10.7 Å². The molecule has 0 spiro atoms. The minimum atomic E-state index is -0.112. The molecule has 3 N–H and O–H groups in total. The van der Waals surface area contributed by atoms with Crippen LogP contribution in [0.5, 0.6) is 5.75 Å². The second-order valence-electron chi connectivity index (χ2n) is 8.03. The van der Waals surface area contributed by atoms with Crippen molar-refractivity contribution in [1.82, 2.24) is 5.43 Å². The molecule has 166 valence electrons. The van der Waals surface area contributed by atoms with Crippen LogP contribution >= 0.6 is 0 Å². The van der Waals surface area contributed by atoms with Crippen molar-refractivity contribution in [2.45, 2.75) is 78.6 Å². The van der Waals surface area contributed by atoms with E-state index in [1.165, 1.54) is 11.6 Å². The molecule has 0 saturated carbocycles. The number of phenolic OH excluding ortho intramolecular Hbond substituents is 1. The monoisotopic (exact) mass is 415 g/mol. The van der Waals surface area contributed by atoms with E-state index in [0.717, 1.165) is 44.9 Å². The summed E-state index contributed by atoms with van der Waals surface area (Å²) in [4.78, 5) is 23.7. The van der Waals surface area contributed by atoms with Crippen LogP contribution in [0.3, 0.4) is 0 Å². The van der Waals surface area contributed by atoms with E-state index >= 15 is 0 Å². The molecule has 6 heteroatoms. The van der Waals surface area contributed by atoms with Crippen molar-refractivity contribution in [2.75, 3.05) is 5.32 Å². The molecule has 6 nitrogen and oxygen atoms in total. The molecule has 0 bridgehead atoms. The largest absolute Gasteiger partial charge is 0.506 e. The highest BCUT2D eigenvalue weighted by molar-refractivity contribution is 5.92. The first-order chi connectivity index (χ1) is 14.4. The number of nitrogens with one attached hydrogen (secondary N) is 2. The number of aromatic hydroxyl groups is 1. The van der Waals surface area contributed by atoms with Crippen molar-refractivity contribution in [3.05, 3.63) is 35.9 Å². The van der Waals surface area contributed by atoms with Gasteiger partial charge < -0.3 is 10.4 Å². The Balaban J connectivity index is 2.03. The Morgan fingerprint density at radius 1 is 1.07 bits per heavy atom. The number of allylic oxidation sites excluding steroid dienone is 2. The van der Waals surface area contributed by atoms with Gasteiger partial charge >= 0.3 is 0 Å². The summed E-state index contributed by atoms with van der Waals surface area (Å²) >= 11 is 0. The minimum absolute atomic E-state index is 0.0673. The van der Waals surface area contributed by atoms with Crippen LogP contribution in [-0.4, -0.2) is 23.1 Å². The lowest BCUT2D eigenvalue weighted by Crippen LogP contribution is -2.17. The highest BCUT2D eigenvalue weighted by Crippen LogP contribution is 2.21. The highest BCUT2D eigenvalue weighted by atomic mass is 16.3. The van der Waals surface area contributed by atoms with Gasteiger partial charge in [0.25, 0.3) is 0 Å². The molecule has 0 aliphatic rings. The number of para-hydroxylation sites is 2. The molecule has 0 aliphatic carbocycles. The van der Waals surface area contributed by atoms with E-state index in [1.54, 1.807) is 24.4 Å². The molecule has 1 rings (SSSR count). The molecule has 30 heavy (non-hydrogen) atoms. The van der Waals surface area contributed by atoms with Crippen LogP contribution in [0.15, 0.2) is 41.0 Å². The van der Waals surface area contributed by atoms with E-state index in [-0.39, 0.29) is 17.6 Å². The highest BCUT2D eigenvalue weighted by Gasteiger charge is 2.06. The fourth-order valence-corrected chi connectivity index (χ4v) is 2.90. The lowest BCUT2D eigenvalue weighted by atomic mass is 10.0. The molecule has 0 aromatic heterocycles. The van der Waals surface area contributed by atoms with E-state index in [1.807, 2.05) is 0 Å². The Morgan fingerprint density at radius 3 is 2.40 bits per heavy atom. The first kappa shape index (κ1) is 25.4. The van der Waals surface area contributed by atoms with Gasteiger partial charge in [-0.3, -0.25) is 9.59 Å². The number of hydrogen-bond donors (Lipinski definition) is 3. The van der Waals surface area contributed by atoms with Crippen molar-refractivity contribution >= 4 is 23.7 Å². The average Bonchev–Trinajstić information content (AvgIpc) is 2.69. The average molecular weight is 416 g/mol. The topological polar surface area (TPSA) is 90.8 Å². The number of rotatable bonds is 14. The third-order valence-electron chi connectivity index (χ3n) is 4.74. The van der Waals surface area contributed by atoms with Crippen LogP contribution in [0.25, 0.3) is 0 Å². The molecule has 1 aromatic carbocycles. The summed E-state index contributed by atoms with van der Waals surface area (Å²) in [5.74, 6) is 0.432. The number of carbonyl (C=O) groups is 2. The SMILES string of the molecule is CC(C)=CCC[C@H](C)C/C=N/NC(=O)CCCCCCC(=O)Nc1ccccc1O. The zero-order valence-electron chi connectivity index (χ0n) is 18.6. The molecule has 0 heterocycles. The first-order valence-corrected chi connectivity index (χ1v) is 10.9. The predicted molar refractivity (Wildman–Crippen MR) is 124 cm³/mol. The van der Waals surface area contributed by atoms with E-state index < -0.39 is 0 Å². The van der Waals surface area contributed by atoms with Gasteiger partial charge in [-0.1, -0.05) is 43.5 Å². The summed E-state index contributed by atoms with van der Waals surface area (Å²) in [7, 11) is 0. The van der Waals surface area contributed by atoms with Crippen molar-refractivity contribution in [3.8, 4) is 5.75 Å². The van der Waals surface area contributed by atoms with Crippen molar-refractivity contribution in [2.24, 2.45) is 11.0 Å². The molecular formula is C24H37N3O3. The van der Waals surface area contributed by atoms with Crippen LogP contribution in [0, 0.1) is 5.92 Å². The van der Waals surface area contributed by atoms with Gasteiger partial charge in [0.1, 0.15) is 5.75 Å². The number of unbranched alkanes of at least 4 members (excludes halogenated alkanes) is 3. The lowest BCUT2D eigenvalue weighted by molar-refractivity contribution is -0.121. The van der Waals surface area contributed by atoms with Gasteiger partial charge in [-0.25, -0.2) is 5.43 Å². The standard InChI is InChI=1S/C24H37N3O3/c1-19(2)11-10-12-20(3)17-18-25-27-24(30)16-7-5-4-6-15-23(29)26-21-13-8-9-14-22(21)28/h8-9,11,13-14,18,20,28H,4-7,10,12,15-17H2,1-3H3,(H,26,29)(H,27,30)/b25-18+/t20-/m0/s1. The number of carbonyl (C=O) groups excluding carboxylic acids is 2. The van der Waals surface area contributed by atoms with Gasteiger partial charge in [0.15, 0.2) is 0 Å². The molecule has 2 amide bonds. The number of benzene rings is 1. The zero-order valence-corrected chi connectivity index (χ0v) is 18.6. The summed E-state index contributed by atoms with van der Waals surface area (Å²) < 4.78 is 0. The first-order valence-electron chi connectivity index (χ1n) is 10.9. The maximum atomic E-state index is 11.9. The maximum absolute atomic E-state index is 11.9. The van der Waals surface area contributed by atoms with E-state index in [4.69, 9.17) is 0 Å². The molecule has 1 atom stereocenters. The molecule has 0 saturated heterocycles. The summed E-state index contributed by atoms with van der Waals surface area (Å²) in [6.45, 7) is 6.41. The Bertz CT molecular complexity index is 709. The van der Waals surface area contributed by atoms with Gasteiger partial charge in [-0.05, 0) is 64.0 Å². The number of anilines is 1. The Morgan fingerprint density at radius 2 is 1.73 bits per heavy atom. The van der Waals surface area contributed by atoms with Crippen molar-refractivity contribution in [3.63, 3.8) is 0 Å². The quantitative estimate of drug-likeness (QED) is 0.122. The number of nitrogens with zero attached hydrogens (tertiary/aromatic N) is 1. The summed E-state index contributed by atoms with van der Waals surface area (Å²) in [6.07, 6.45) is 11.2. The molecule has 1 aromatic rings. The van der Waals surface area contributed by atoms with Gasteiger partial charge in [-0.2, -0.15) is 5.10 Å². The second kappa shape index (κ2) is 15.2. The number of hydrogen-bond acceptors (Lipinski definition) is 4. The van der Waals surface area contributed by atoms with Crippen molar-refractivity contribution < 1.29 is 14.7 Å². The maximum Gasteiger partial charge on any atom is 0.240 e. The normalized spacial score (nSPS) is 11.8. The fraction of sp³-hybridized carbons (Fsp3) is 0.542. The van der Waals surface area contributed by atoms with Gasteiger partial charge in [0.2, 0.25) is 11.8 Å². The van der Waals surface area contributed by atoms with Crippen LogP contribution in [0.1, 0.15) is 78.6 Å². The molecular weight excluding hydrogens is 378 g/mol. The van der Waals surface area contributed by atoms with E-state index in [0.29, 0.717) is 24.4 Å². The fourth-order valence-electron chi connectivity index (χ4n) is 2.90. The van der Waals surface area contributed by atoms with Gasteiger partial charge in [0, 0.05) is 19.1 Å². The number of amides is 2. The molecule has 0 aliphatic heterocycles.